The highest BCUT2D eigenvalue weighted by atomic mass is 15.0. The quantitative estimate of drug-likeness (QED) is 0.864. The second-order valence-corrected chi connectivity index (χ2v) is 6.54. The Morgan fingerprint density at radius 2 is 2.11 bits per heavy atom. The Hall–Kier alpha value is -0.760. The first-order valence-electron chi connectivity index (χ1n) is 7.30. The van der Waals surface area contributed by atoms with Crippen molar-refractivity contribution in [1.82, 2.24) is 9.88 Å². The number of hydrogen-bond donors (Lipinski definition) is 1. The van der Waals surface area contributed by atoms with Gasteiger partial charge in [0.05, 0.1) is 0 Å². The van der Waals surface area contributed by atoms with Crippen LogP contribution in [-0.2, 0) is 13.5 Å². The first kappa shape index (κ1) is 13.7. The Morgan fingerprint density at radius 1 is 1.39 bits per heavy atom. The molecule has 2 heteroatoms. The molecule has 0 spiro atoms. The fourth-order valence-corrected chi connectivity index (χ4v) is 3.52. The minimum atomic E-state index is 0.354. The van der Waals surface area contributed by atoms with Gasteiger partial charge in [-0.05, 0) is 63.6 Å². The molecule has 1 fully saturated rings. The fourth-order valence-electron chi connectivity index (χ4n) is 3.52. The highest BCUT2D eigenvalue weighted by Crippen LogP contribution is 2.32. The molecule has 2 heterocycles. The summed E-state index contributed by atoms with van der Waals surface area (Å²) in [4.78, 5) is 0. The molecule has 2 nitrogen and oxygen atoms in total. The zero-order chi connectivity index (χ0) is 13.3. The van der Waals surface area contributed by atoms with Crippen molar-refractivity contribution in [3.63, 3.8) is 0 Å². The lowest BCUT2D eigenvalue weighted by Crippen LogP contribution is -2.43. The van der Waals surface area contributed by atoms with Gasteiger partial charge in [-0.15, -0.1) is 0 Å². The molecule has 1 N–H and O–H groups in total. The summed E-state index contributed by atoms with van der Waals surface area (Å²) in [7, 11) is 2.17. The fraction of sp³-hybridized carbons (Fsp3) is 0.750. The van der Waals surface area contributed by atoms with Gasteiger partial charge in [0.1, 0.15) is 0 Å². The van der Waals surface area contributed by atoms with Crippen LogP contribution in [-0.4, -0.2) is 16.7 Å². The molecule has 2 rings (SSSR count). The Kier molecular flexibility index (Phi) is 3.86. The number of hydrogen-bond acceptors (Lipinski definition) is 1. The maximum absolute atomic E-state index is 3.80. The van der Waals surface area contributed by atoms with Gasteiger partial charge in [0, 0.05) is 24.0 Å². The molecule has 1 saturated heterocycles. The second kappa shape index (κ2) is 5.08. The zero-order valence-corrected chi connectivity index (χ0v) is 12.6. The molecule has 0 amide bonds. The minimum Gasteiger partial charge on any atom is -0.352 e. The Morgan fingerprint density at radius 3 is 2.56 bits per heavy atom. The van der Waals surface area contributed by atoms with Gasteiger partial charge in [0.15, 0.2) is 0 Å². The summed E-state index contributed by atoms with van der Waals surface area (Å²) < 4.78 is 2.31. The van der Waals surface area contributed by atoms with E-state index in [1.54, 1.807) is 0 Å². The molecule has 0 saturated carbocycles. The van der Waals surface area contributed by atoms with Gasteiger partial charge in [0.2, 0.25) is 0 Å². The SMILES string of the molecule is Cc1cc(CC2(CC(C)C)CCCN2)c(C)n1C. The van der Waals surface area contributed by atoms with Gasteiger partial charge < -0.3 is 9.88 Å². The van der Waals surface area contributed by atoms with E-state index in [9.17, 15) is 0 Å². The standard InChI is InChI=1S/C16H28N2/c1-12(2)10-16(7-6-8-17-16)11-15-9-13(3)18(5)14(15)4/h9,12,17H,6-8,10-11H2,1-5H3. The third-order valence-corrected chi connectivity index (χ3v) is 4.54. The average molecular weight is 248 g/mol. The zero-order valence-electron chi connectivity index (χ0n) is 12.6. The van der Waals surface area contributed by atoms with Crippen LogP contribution in [0.4, 0.5) is 0 Å². The summed E-state index contributed by atoms with van der Waals surface area (Å²) in [6, 6.07) is 2.37. The second-order valence-electron chi connectivity index (χ2n) is 6.54. The first-order chi connectivity index (χ1) is 8.43. The van der Waals surface area contributed by atoms with Crippen LogP contribution < -0.4 is 5.32 Å². The number of aryl methyl sites for hydroxylation is 1. The van der Waals surface area contributed by atoms with Gasteiger partial charge >= 0.3 is 0 Å². The smallest absolute Gasteiger partial charge is 0.0225 e. The number of nitrogens with zero attached hydrogens (tertiary/aromatic N) is 1. The molecule has 1 aromatic rings. The van der Waals surface area contributed by atoms with Crippen LogP contribution in [0.1, 0.15) is 50.1 Å². The molecular formula is C16H28N2. The van der Waals surface area contributed by atoms with Crippen molar-refractivity contribution in [3.05, 3.63) is 23.0 Å². The van der Waals surface area contributed by atoms with Crippen molar-refractivity contribution < 1.29 is 0 Å². The van der Waals surface area contributed by atoms with E-state index in [0.717, 1.165) is 5.92 Å². The van der Waals surface area contributed by atoms with Gasteiger partial charge in [-0.3, -0.25) is 0 Å². The molecule has 1 unspecified atom stereocenters. The number of rotatable bonds is 4. The highest BCUT2D eigenvalue weighted by Gasteiger charge is 2.34. The van der Waals surface area contributed by atoms with Gasteiger partial charge in [-0.25, -0.2) is 0 Å². The topological polar surface area (TPSA) is 17.0 Å². The number of nitrogens with one attached hydrogen (secondary N) is 1. The summed E-state index contributed by atoms with van der Waals surface area (Å²) in [5.74, 6) is 0.765. The van der Waals surface area contributed by atoms with E-state index in [-0.39, 0.29) is 0 Å². The largest absolute Gasteiger partial charge is 0.352 e. The number of aromatic nitrogens is 1. The van der Waals surface area contributed by atoms with E-state index in [0.29, 0.717) is 5.54 Å². The van der Waals surface area contributed by atoms with Crippen LogP contribution in [0.5, 0.6) is 0 Å². The average Bonchev–Trinajstić information content (AvgIpc) is 2.81. The van der Waals surface area contributed by atoms with Crippen molar-refractivity contribution in [2.75, 3.05) is 6.54 Å². The van der Waals surface area contributed by atoms with E-state index in [1.807, 2.05) is 0 Å². The van der Waals surface area contributed by atoms with Gasteiger partial charge in [-0.1, -0.05) is 13.8 Å². The summed E-state index contributed by atoms with van der Waals surface area (Å²) >= 11 is 0. The molecule has 102 valence electrons. The van der Waals surface area contributed by atoms with Crippen LogP contribution >= 0.6 is 0 Å². The van der Waals surface area contributed by atoms with Gasteiger partial charge in [0.25, 0.3) is 0 Å². The Labute approximate surface area is 112 Å². The molecule has 0 radical (unpaired) electrons. The third-order valence-electron chi connectivity index (χ3n) is 4.54. The summed E-state index contributed by atoms with van der Waals surface area (Å²) in [6.45, 7) is 10.3. The van der Waals surface area contributed by atoms with Crippen LogP contribution in [0, 0.1) is 19.8 Å². The molecule has 0 aromatic carbocycles. The van der Waals surface area contributed by atoms with E-state index in [2.05, 4.69) is 50.7 Å². The van der Waals surface area contributed by atoms with E-state index < -0.39 is 0 Å². The maximum atomic E-state index is 3.80. The lowest BCUT2D eigenvalue weighted by molar-refractivity contribution is 0.301. The monoisotopic (exact) mass is 248 g/mol. The van der Waals surface area contributed by atoms with Crippen molar-refractivity contribution in [1.29, 1.82) is 0 Å². The van der Waals surface area contributed by atoms with Crippen LogP contribution in [0.3, 0.4) is 0 Å². The summed E-state index contributed by atoms with van der Waals surface area (Å²) in [5, 5.41) is 3.80. The van der Waals surface area contributed by atoms with Crippen LogP contribution in [0.2, 0.25) is 0 Å². The highest BCUT2D eigenvalue weighted by molar-refractivity contribution is 5.28. The van der Waals surface area contributed by atoms with E-state index >= 15 is 0 Å². The maximum Gasteiger partial charge on any atom is 0.0225 e. The van der Waals surface area contributed by atoms with Crippen molar-refractivity contribution in [3.8, 4) is 0 Å². The van der Waals surface area contributed by atoms with Gasteiger partial charge in [-0.2, -0.15) is 0 Å². The Bertz CT molecular complexity index is 409. The first-order valence-corrected chi connectivity index (χ1v) is 7.30. The summed E-state index contributed by atoms with van der Waals surface area (Å²) in [5.41, 5.74) is 4.70. The molecule has 1 aliphatic heterocycles. The molecule has 1 aromatic heterocycles. The van der Waals surface area contributed by atoms with Crippen molar-refractivity contribution in [2.24, 2.45) is 13.0 Å². The minimum absolute atomic E-state index is 0.354. The summed E-state index contributed by atoms with van der Waals surface area (Å²) in [6.07, 6.45) is 5.15. The normalized spacial score (nSPS) is 24.1. The van der Waals surface area contributed by atoms with Crippen molar-refractivity contribution >= 4 is 0 Å². The van der Waals surface area contributed by atoms with Crippen molar-refractivity contribution in [2.45, 2.75) is 58.9 Å². The molecule has 1 aliphatic rings. The van der Waals surface area contributed by atoms with E-state index in [4.69, 9.17) is 0 Å². The molecule has 0 aliphatic carbocycles. The lowest BCUT2D eigenvalue weighted by atomic mass is 9.82. The lowest BCUT2D eigenvalue weighted by Gasteiger charge is -2.31. The van der Waals surface area contributed by atoms with E-state index in [1.165, 1.54) is 49.2 Å². The molecule has 0 bridgehead atoms. The Balaban J connectivity index is 2.21. The van der Waals surface area contributed by atoms with Crippen LogP contribution in [0.25, 0.3) is 0 Å². The molecular weight excluding hydrogens is 220 g/mol. The molecule has 1 atom stereocenters. The predicted molar refractivity (Wildman–Crippen MR) is 78.0 cm³/mol. The third kappa shape index (κ3) is 2.64. The van der Waals surface area contributed by atoms with Crippen LogP contribution in [0.15, 0.2) is 6.07 Å². The molecule has 18 heavy (non-hydrogen) atoms. The predicted octanol–water partition coefficient (Wildman–Crippen LogP) is 3.35.